The molecular formula is C15H20N4. The van der Waals surface area contributed by atoms with Crippen LogP contribution in [0, 0.1) is 0 Å². The second-order valence-electron chi connectivity index (χ2n) is 4.76. The van der Waals surface area contributed by atoms with Crippen LogP contribution in [-0.4, -0.2) is 23.6 Å². The summed E-state index contributed by atoms with van der Waals surface area (Å²) in [4.78, 5) is 10.6. The van der Waals surface area contributed by atoms with E-state index in [9.17, 15) is 0 Å². The lowest BCUT2D eigenvalue weighted by Crippen LogP contribution is -2.21. The van der Waals surface area contributed by atoms with Gasteiger partial charge in [-0.15, -0.1) is 0 Å². The highest BCUT2D eigenvalue weighted by Gasteiger charge is 2.06. The molecule has 100 valence electrons. The summed E-state index contributed by atoms with van der Waals surface area (Å²) >= 11 is 0. The van der Waals surface area contributed by atoms with Crippen LogP contribution >= 0.6 is 0 Å². The zero-order chi connectivity index (χ0) is 13.7. The van der Waals surface area contributed by atoms with Crippen LogP contribution < -0.4 is 10.6 Å². The summed E-state index contributed by atoms with van der Waals surface area (Å²) in [6.45, 7) is 2.90. The van der Waals surface area contributed by atoms with Crippen LogP contribution in [0.2, 0.25) is 0 Å². The number of hydrogen-bond donors (Lipinski definition) is 1. The van der Waals surface area contributed by atoms with Crippen LogP contribution in [0.5, 0.6) is 0 Å². The van der Waals surface area contributed by atoms with E-state index in [0.717, 1.165) is 24.3 Å². The molecule has 2 N–H and O–H groups in total. The predicted octanol–water partition coefficient (Wildman–Crippen LogP) is 2.18. The molecule has 0 fully saturated rings. The lowest BCUT2D eigenvalue weighted by molar-refractivity contribution is 0.806. The van der Waals surface area contributed by atoms with E-state index in [4.69, 9.17) is 5.73 Å². The summed E-state index contributed by atoms with van der Waals surface area (Å²) in [7, 11) is 2.05. The summed E-state index contributed by atoms with van der Waals surface area (Å²) in [6, 6.07) is 8.14. The lowest BCUT2D eigenvalue weighted by Gasteiger charge is -2.19. The van der Waals surface area contributed by atoms with Crippen molar-refractivity contribution in [1.82, 2.24) is 9.97 Å². The van der Waals surface area contributed by atoms with Gasteiger partial charge in [-0.3, -0.25) is 4.98 Å². The number of aromatic nitrogens is 2. The third kappa shape index (κ3) is 3.76. The summed E-state index contributed by atoms with van der Waals surface area (Å²) in [5.74, 6) is 0.962. The van der Waals surface area contributed by atoms with E-state index >= 15 is 0 Å². The van der Waals surface area contributed by atoms with Gasteiger partial charge in [-0.1, -0.05) is 0 Å². The molecule has 19 heavy (non-hydrogen) atoms. The number of hydrogen-bond acceptors (Lipinski definition) is 4. The van der Waals surface area contributed by atoms with Crippen molar-refractivity contribution < 1.29 is 0 Å². The Morgan fingerprint density at radius 3 is 2.63 bits per heavy atom. The first-order valence-corrected chi connectivity index (χ1v) is 6.48. The van der Waals surface area contributed by atoms with Crippen LogP contribution in [0.4, 0.5) is 5.82 Å². The second kappa shape index (κ2) is 6.29. The van der Waals surface area contributed by atoms with Gasteiger partial charge in [0.25, 0.3) is 0 Å². The zero-order valence-corrected chi connectivity index (χ0v) is 11.5. The van der Waals surface area contributed by atoms with Crippen molar-refractivity contribution in [3.05, 3.63) is 54.0 Å². The van der Waals surface area contributed by atoms with Gasteiger partial charge in [-0.2, -0.15) is 0 Å². The van der Waals surface area contributed by atoms with Crippen LogP contribution in [0.15, 0.2) is 42.9 Å². The van der Waals surface area contributed by atoms with E-state index in [1.165, 1.54) is 5.56 Å². The van der Waals surface area contributed by atoms with Crippen LogP contribution in [0.1, 0.15) is 24.1 Å². The average Bonchev–Trinajstić information content (AvgIpc) is 2.46. The van der Waals surface area contributed by atoms with Gasteiger partial charge in [-0.25, -0.2) is 4.98 Å². The standard InChI is InChI=1S/C15H20N4/c1-12(16)14-5-9-18-15(11-14)19(2)10-6-13-3-7-17-8-4-13/h3-5,7-9,11-12H,6,10,16H2,1-2H3/t12-/m1/s1. The normalized spacial score (nSPS) is 12.2. The average molecular weight is 256 g/mol. The van der Waals surface area contributed by atoms with Crippen LogP contribution in [0.3, 0.4) is 0 Å². The van der Waals surface area contributed by atoms with Gasteiger partial charge < -0.3 is 10.6 Å². The van der Waals surface area contributed by atoms with Crippen molar-refractivity contribution in [3.63, 3.8) is 0 Å². The van der Waals surface area contributed by atoms with Crippen molar-refractivity contribution in [1.29, 1.82) is 0 Å². The lowest BCUT2D eigenvalue weighted by atomic mass is 10.1. The van der Waals surface area contributed by atoms with Gasteiger partial charge in [0.15, 0.2) is 0 Å². The topological polar surface area (TPSA) is 55.0 Å². The Bertz CT molecular complexity index is 511. The molecule has 0 saturated heterocycles. The zero-order valence-electron chi connectivity index (χ0n) is 11.5. The van der Waals surface area contributed by atoms with Gasteiger partial charge >= 0.3 is 0 Å². The first kappa shape index (κ1) is 13.5. The highest BCUT2D eigenvalue weighted by Crippen LogP contribution is 2.16. The third-order valence-electron chi connectivity index (χ3n) is 3.17. The van der Waals surface area contributed by atoms with Crippen molar-refractivity contribution in [3.8, 4) is 0 Å². The SMILES string of the molecule is C[C@@H](N)c1ccnc(N(C)CCc2ccncc2)c1. The van der Waals surface area contributed by atoms with E-state index in [1.807, 2.05) is 43.7 Å². The van der Waals surface area contributed by atoms with Crippen LogP contribution in [-0.2, 0) is 6.42 Å². The largest absolute Gasteiger partial charge is 0.359 e. The molecule has 0 aliphatic carbocycles. The Labute approximate surface area is 114 Å². The van der Waals surface area contributed by atoms with E-state index < -0.39 is 0 Å². The minimum Gasteiger partial charge on any atom is -0.359 e. The van der Waals surface area contributed by atoms with E-state index in [-0.39, 0.29) is 6.04 Å². The molecule has 0 aliphatic heterocycles. The molecule has 0 amide bonds. The number of anilines is 1. The Balaban J connectivity index is 2.00. The fourth-order valence-electron chi connectivity index (χ4n) is 1.89. The molecule has 2 heterocycles. The Hall–Kier alpha value is -1.94. The second-order valence-corrected chi connectivity index (χ2v) is 4.76. The smallest absolute Gasteiger partial charge is 0.128 e. The summed E-state index contributed by atoms with van der Waals surface area (Å²) in [5, 5.41) is 0. The van der Waals surface area contributed by atoms with Crippen molar-refractivity contribution in [2.45, 2.75) is 19.4 Å². The molecule has 0 aromatic carbocycles. The van der Waals surface area contributed by atoms with E-state index in [1.54, 1.807) is 0 Å². The number of pyridine rings is 2. The minimum atomic E-state index is 0.0374. The first-order valence-electron chi connectivity index (χ1n) is 6.48. The van der Waals surface area contributed by atoms with Gasteiger partial charge in [-0.05, 0) is 48.7 Å². The monoisotopic (exact) mass is 256 g/mol. The molecule has 0 spiro atoms. The number of likely N-dealkylation sites (N-methyl/N-ethyl adjacent to an activating group) is 1. The van der Waals surface area contributed by atoms with Gasteiger partial charge in [0.05, 0.1) is 0 Å². The Kier molecular flexibility index (Phi) is 4.47. The molecule has 0 unspecified atom stereocenters. The summed E-state index contributed by atoms with van der Waals surface area (Å²) in [6.07, 6.45) is 6.44. The van der Waals surface area contributed by atoms with Crippen molar-refractivity contribution in [2.75, 3.05) is 18.5 Å². The molecular weight excluding hydrogens is 236 g/mol. The molecule has 2 aromatic heterocycles. The highest BCUT2D eigenvalue weighted by molar-refractivity contribution is 5.41. The summed E-state index contributed by atoms with van der Waals surface area (Å²) < 4.78 is 0. The molecule has 2 aromatic rings. The maximum Gasteiger partial charge on any atom is 0.128 e. The fourth-order valence-corrected chi connectivity index (χ4v) is 1.89. The Morgan fingerprint density at radius 2 is 1.95 bits per heavy atom. The molecule has 4 heteroatoms. The predicted molar refractivity (Wildman–Crippen MR) is 78.1 cm³/mol. The number of nitrogens with two attached hydrogens (primary N) is 1. The fraction of sp³-hybridized carbons (Fsp3) is 0.333. The summed E-state index contributed by atoms with van der Waals surface area (Å²) in [5.41, 5.74) is 8.29. The van der Waals surface area contributed by atoms with Gasteiger partial charge in [0.1, 0.15) is 5.82 Å². The molecule has 4 nitrogen and oxygen atoms in total. The first-order chi connectivity index (χ1) is 9.16. The molecule has 1 atom stereocenters. The minimum absolute atomic E-state index is 0.0374. The maximum absolute atomic E-state index is 5.89. The highest BCUT2D eigenvalue weighted by atomic mass is 15.2. The quantitative estimate of drug-likeness (QED) is 0.891. The van der Waals surface area contributed by atoms with Gasteiger partial charge in [0, 0.05) is 38.2 Å². The number of rotatable bonds is 5. The maximum atomic E-state index is 5.89. The van der Waals surface area contributed by atoms with Crippen LogP contribution in [0.25, 0.3) is 0 Å². The van der Waals surface area contributed by atoms with E-state index in [0.29, 0.717) is 0 Å². The van der Waals surface area contributed by atoms with Crippen molar-refractivity contribution >= 4 is 5.82 Å². The Morgan fingerprint density at radius 1 is 1.21 bits per heavy atom. The molecule has 0 bridgehead atoms. The molecule has 0 aliphatic rings. The van der Waals surface area contributed by atoms with Crippen molar-refractivity contribution in [2.24, 2.45) is 5.73 Å². The third-order valence-corrected chi connectivity index (χ3v) is 3.17. The molecule has 2 rings (SSSR count). The number of nitrogens with zero attached hydrogens (tertiary/aromatic N) is 3. The molecule has 0 radical (unpaired) electrons. The molecule has 0 saturated carbocycles. The van der Waals surface area contributed by atoms with Gasteiger partial charge in [0.2, 0.25) is 0 Å². The van der Waals surface area contributed by atoms with E-state index in [2.05, 4.69) is 28.0 Å².